The Morgan fingerprint density at radius 2 is 1.96 bits per heavy atom. The summed E-state index contributed by atoms with van der Waals surface area (Å²) in [5.74, 6) is -1.19. The molecule has 1 amide bonds. The van der Waals surface area contributed by atoms with E-state index >= 15 is 0 Å². The lowest BCUT2D eigenvalue weighted by atomic mass is 10.2. The molecule has 0 saturated carbocycles. The number of hydrogen-bond donors (Lipinski definition) is 2. The minimum atomic E-state index is -1.41. The summed E-state index contributed by atoms with van der Waals surface area (Å²) < 4.78 is 4.74. The standard InChI is InChI=1S/C18H26N2O4/c1-2-24-17(22)13-16(21)18(23)19-14-8-7-9-15(12-14)20-10-5-3-4-6-11-20/h7-9,12,16,21H,2-6,10-11,13H2,1H3,(H,19,23). The first-order valence-electron chi connectivity index (χ1n) is 8.59. The molecule has 1 unspecified atom stereocenters. The van der Waals surface area contributed by atoms with Crippen molar-refractivity contribution < 1.29 is 19.4 Å². The van der Waals surface area contributed by atoms with Gasteiger partial charge in [0.1, 0.15) is 6.10 Å². The van der Waals surface area contributed by atoms with E-state index in [1.807, 2.05) is 18.2 Å². The van der Waals surface area contributed by atoms with Crippen molar-refractivity contribution in [1.82, 2.24) is 0 Å². The highest BCUT2D eigenvalue weighted by Gasteiger charge is 2.20. The number of carbonyl (C=O) groups excluding carboxylic acids is 2. The number of nitrogens with zero attached hydrogens (tertiary/aromatic N) is 1. The van der Waals surface area contributed by atoms with Crippen molar-refractivity contribution in [2.45, 2.75) is 45.1 Å². The molecule has 6 heteroatoms. The van der Waals surface area contributed by atoms with Crippen molar-refractivity contribution in [3.05, 3.63) is 24.3 Å². The highest BCUT2D eigenvalue weighted by Crippen LogP contribution is 2.23. The van der Waals surface area contributed by atoms with Crippen molar-refractivity contribution >= 4 is 23.3 Å². The molecule has 1 saturated heterocycles. The van der Waals surface area contributed by atoms with Crippen molar-refractivity contribution in [2.75, 3.05) is 29.9 Å². The van der Waals surface area contributed by atoms with Crippen LogP contribution in [0.4, 0.5) is 11.4 Å². The number of anilines is 2. The zero-order valence-corrected chi connectivity index (χ0v) is 14.2. The molecule has 1 aliphatic heterocycles. The Hall–Kier alpha value is -2.08. The van der Waals surface area contributed by atoms with Gasteiger partial charge in [-0.1, -0.05) is 18.9 Å². The summed E-state index contributed by atoms with van der Waals surface area (Å²) in [5, 5.41) is 12.5. The first-order chi connectivity index (χ1) is 11.6. The number of aliphatic hydroxyl groups is 1. The van der Waals surface area contributed by atoms with Crippen LogP contribution in [0.1, 0.15) is 39.0 Å². The fourth-order valence-corrected chi connectivity index (χ4v) is 2.81. The molecule has 0 aromatic heterocycles. The van der Waals surface area contributed by atoms with Gasteiger partial charge in [-0.2, -0.15) is 0 Å². The van der Waals surface area contributed by atoms with Crippen LogP contribution < -0.4 is 10.2 Å². The second kappa shape index (κ2) is 9.27. The fraction of sp³-hybridized carbons (Fsp3) is 0.556. The lowest BCUT2D eigenvalue weighted by Gasteiger charge is -2.23. The van der Waals surface area contributed by atoms with Crippen molar-refractivity contribution in [3.63, 3.8) is 0 Å². The van der Waals surface area contributed by atoms with E-state index in [2.05, 4.69) is 10.2 Å². The highest BCUT2D eigenvalue weighted by molar-refractivity contribution is 5.96. The molecule has 0 spiro atoms. The lowest BCUT2D eigenvalue weighted by molar-refractivity contribution is -0.147. The van der Waals surface area contributed by atoms with Crippen LogP contribution in [0.25, 0.3) is 0 Å². The third-order valence-corrected chi connectivity index (χ3v) is 4.05. The van der Waals surface area contributed by atoms with Gasteiger partial charge in [0.05, 0.1) is 13.0 Å². The molecule has 6 nitrogen and oxygen atoms in total. The van der Waals surface area contributed by atoms with E-state index < -0.39 is 18.0 Å². The molecular formula is C18H26N2O4. The predicted octanol–water partition coefficient (Wildman–Crippen LogP) is 2.32. The third-order valence-electron chi connectivity index (χ3n) is 4.05. The Bertz CT molecular complexity index is 554. The molecule has 2 N–H and O–H groups in total. The molecule has 1 aromatic rings. The molecule has 1 atom stereocenters. The Morgan fingerprint density at radius 1 is 1.25 bits per heavy atom. The average Bonchev–Trinajstić information content (AvgIpc) is 2.84. The Morgan fingerprint density at radius 3 is 2.62 bits per heavy atom. The van der Waals surface area contributed by atoms with Gasteiger partial charge in [-0.15, -0.1) is 0 Å². The SMILES string of the molecule is CCOC(=O)CC(O)C(=O)Nc1cccc(N2CCCCCC2)c1. The summed E-state index contributed by atoms with van der Waals surface area (Å²) in [5.41, 5.74) is 1.68. The minimum Gasteiger partial charge on any atom is -0.466 e. The van der Waals surface area contributed by atoms with E-state index in [-0.39, 0.29) is 13.0 Å². The van der Waals surface area contributed by atoms with Crippen LogP contribution in [-0.2, 0) is 14.3 Å². The van der Waals surface area contributed by atoms with E-state index in [9.17, 15) is 14.7 Å². The van der Waals surface area contributed by atoms with Gasteiger partial charge in [0.2, 0.25) is 0 Å². The molecule has 1 heterocycles. The molecular weight excluding hydrogens is 308 g/mol. The zero-order chi connectivity index (χ0) is 17.4. The number of aliphatic hydroxyl groups excluding tert-OH is 1. The largest absolute Gasteiger partial charge is 0.466 e. The van der Waals surface area contributed by atoms with E-state index in [0.717, 1.165) is 18.8 Å². The first-order valence-corrected chi connectivity index (χ1v) is 8.59. The minimum absolute atomic E-state index is 0.227. The lowest BCUT2D eigenvalue weighted by Crippen LogP contribution is -2.30. The number of nitrogens with one attached hydrogen (secondary N) is 1. The Balaban J connectivity index is 1.95. The normalized spacial score (nSPS) is 16.2. The van der Waals surface area contributed by atoms with E-state index in [1.54, 1.807) is 13.0 Å². The molecule has 24 heavy (non-hydrogen) atoms. The second-order valence-corrected chi connectivity index (χ2v) is 5.97. The van der Waals surface area contributed by atoms with Gasteiger partial charge < -0.3 is 20.1 Å². The zero-order valence-electron chi connectivity index (χ0n) is 14.2. The molecule has 1 aromatic carbocycles. The third kappa shape index (κ3) is 5.53. The topological polar surface area (TPSA) is 78.9 Å². The molecule has 2 rings (SSSR count). The highest BCUT2D eigenvalue weighted by atomic mass is 16.5. The smallest absolute Gasteiger partial charge is 0.308 e. The monoisotopic (exact) mass is 334 g/mol. The molecule has 1 aliphatic rings. The maximum absolute atomic E-state index is 12.0. The number of esters is 1. The number of carbonyl (C=O) groups is 2. The van der Waals surface area contributed by atoms with Crippen LogP contribution in [-0.4, -0.2) is 42.8 Å². The number of hydrogen-bond acceptors (Lipinski definition) is 5. The van der Waals surface area contributed by atoms with Gasteiger partial charge >= 0.3 is 5.97 Å². The predicted molar refractivity (Wildman–Crippen MR) is 93.0 cm³/mol. The van der Waals surface area contributed by atoms with E-state index in [4.69, 9.17) is 4.74 Å². The summed E-state index contributed by atoms with van der Waals surface area (Å²) in [4.78, 5) is 25.7. The fourth-order valence-electron chi connectivity index (χ4n) is 2.81. The number of ether oxygens (including phenoxy) is 1. The molecule has 132 valence electrons. The summed E-state index contributed by atoms with van der Waals surface area (Å²) >= 11 is 0. The maximum atomic E-state index is 12.0. The summed E-state index contributed by atoms with van der Waals surface area (Å²) in [6, 6.07) is 7.58. The van der Waals surface area contributed by atoms with Crippen LogP contribution in [0.5, 0.6) is 0 Å². The van der Waals surface area contributed by atoms with Gasteiger partial charge in [-0.3, -0.25) is 9.59 Å². The van der Waals surface area contributed by atoms with Crippen molar-refractivity contribution in [3.8, 4) is 0 Å². The van der Waals surface area contributed by atoms with Gasteiger partial charge in [0, 0.05) is 24.5 Å². The maximum Gasteiger partial charge on any atom is 0.308 e. The van der Waals surface area contributed by atoms with Gasteiger partial charge in [0.15, 0.2) is 0 Å². The summed E-state index contributed by atoms with van der Waals surface area (Å²) in [6.45, 7) is 3.94. The molecule has 1 fully saturated rings. The number of benzene rings is 1. The Labute approximate surface area is 142 Å². The second-order valence-electron chi connectivity index (χ2n) is 5.97. The van der Waals surface area contributed by atoms with Gasteiger partial charge in [0.25, 0.3) is 5.91 Å². The Kier molecular flexibility index (Phi) is 7.06. The van der Waals surface area contributed by atoms with Crippen LogP contribution in [0.15, 0.2) is 24.3 Å². The molecule has 0 aliphatic carbocycles. The van der Waals surface area contributed by atoms with Crippen molar-refractivity contribution in [1.29, 1.82) is 0 Å². The van der Waals surface area contributed by atoms with Crippen molar-refractivity contribution in [2.24, 2.45) is 0 Å². The van der Waals surface area contributed by atoms with E-state index in [0.29, 0.717) is 5.69 Å². The first kappa shape index (κ1) is 18.3. The molecule has 0 radical (unpaired) electrons. The van der Waals surface area contributed by atoms with E-state index in [1.165, 1.54) is 25.7 Å². The number of amides is 1. The quantitative estimate of drug-likeness (QED) is 0.781. The average molecular weight is 334 g/mol. The van der Waals surface area contributed by atoms with Crippen LogP contribution in [0, 0.1) is 0 Å². The molecule has 0 bridgehead atoms. The van der Waals surface area contributed by atoms with Crippen LogP contribution >= 0.6 is 0 Å². The van der Waals surface area contributed by atoms with Crippen LogP contribution in [0.3, 0.4) is 0 Å². The summed E-state index contributed by atoms with van der Waals surface area (Å²) in [6.07, 6.45) is 3.11. The van der Waals surface area contributed by atoms with Crippen LogP contribution in [0.2, 0.25) is 0 Å². The summed E-state index contributed by atoms with van der Waals surface area (Å²) in [7, 11) is 0. The number of rotatable bonds is 6. The van der Waals surface area contributed by atoms with Gasteiger partial charge in [-0.05, 0) is 38.0 Å². The van der Waals surface area contributed by atoms with Gasteiger partial charge in [-0.25, -0.2) is 0 Å².